The number of hydrogen-bond acceptors (Lipinski definition) is 3. The molecule has 114 valence electrons. The molecule has 2 atom stereocenters. The molecule has 21 heavy (non-hydrogen) atoms. The molecule has 1 amide bonds. The molecule has 1 aromatic rings. The Kier molecular flexibility index (Phi) is 5.07. The molecule has 1 aliphatic carbocycles. The molecule has 2 rings (SSSR count). The maximum atomic E-state index is 12.1. The van der Waals surface area contributed by atoms with Gasteiger partial charge in [0.25, 0.3) is 5.91 Å². The highest BCUT2D eigenvalue weighted by molar-refractivity contribution is 6.33. The number of carbonyl (C=O) groups excluding carboxylic acids is 1. The van der Waals surface area contributed by atoms with Gasteiger partial charge in [0.15, 0.2) is 0 Å². The van der Waals surface area contributed by atoms with Crippen LogP contribution in [0.1, 0.15) is 36.0 Å². The van der Waals surface area contributed by atoms with E-state index < -0.39 is 17.8 Å². The average molecular weight is 312 g/mol. The quantitative estimate of drug-likeness (QED) is 0.798. The number of carboxylic acid groups (broad SMARTS) is 1. The van der Waals surface area contributed by atoms with E-state index in [1.54, 1.807) is 0 Å². The number of amides is 1. The van der Waals surface area contributed by atoms with Gasteiger partial charge >= 0.3 is 5.97 Å². The molecule has 0 saturated heterocycles. The van der Waals surface area contributed by atoms with E-state index in [0.29, 0.717) is 13.0 Å². The number of aliphatic carboxylic acids is 1. The topological polar surface area (TPSA) is 86.6 Å². The number of aromatic hydroxyl groups is 1. The Labute approximate surface area is 127 Å². The van der Waals surface area contributed by atoms with Gasteiger partial charge in [-0.3, -0.25) is 9.59 Å². The van der Waals surface area contributed by atoms with E-state index in [-0.39, 0.29) is 22.3 Å². The second-order valence-corrected chi connectivity index (χ2v) is 5.77. The van der Waals surface area contributed by atoms with Crippen LogP contribution in [0.2, 0.25) is 5.02 Å². The van der Waals surface area contributed by atoms with Crippen LogP contribution >= 0.6 is 11.6 Å². The monoisotopic (exact) mass is 311 g/mol. The molecule has 0 bridgehead atoms. The Morgan fingerprint density at radius 3 is 2.71 bits per heavy atom. The highest BCUT2D eigenvalue weighted by atomic mass is 35.5. The molecule has 1 saturated carbocycles. The first-order valence-electron chi connectivity index (χ1n) is 6.98. The zero-order chi connectivity index (χ0) is 15.4. The lowest BCUT2D eigenvalue weighted by molar-refractivity contribution is -0.144. The third kappa shape index (κ3) is 3.88. The van der Waals surface area contributed by atoms with Crippen LogP contribution in [0.15, 0.2) is 18.2 Å². The van der Waals surface area contributed by atoms with E-state index >= 15 is 0 Å². The maximum Gasteiger partial charge on any atom is 0.306 e. The number of hydrogen-bond donors (Lipinski definition) is 3. The number of benzene rings is 1. The SMILES string of the molecule is O=C(NCC1CCCCC1C(=O)O)c1cc(O)ccc1Cl. The summed E-state index contributed by atoms with van der Waals surface area (Å²) in [6.07, 6.45) is 3.35. The van der Waals surface area contributed by atoms with Gasteiger partial charge < -0.3 is 15.5 Å². The van der Waals surface area contributed by atoms with Gasteiger partial charge in [-0.25, -0.2) is 0 Å². The van der Waals surface area contributed by atoms with E-state index in [2.05, 4.69) is 5.32 Å². The van der Waals surface area contributed by atoms with Crippen LogP contribution in [-0.4, -0.2) is 28.6 Å². The van der Waals surface area contributed by atoms with Crippen LogP contribution in [0.4, 0.5) is 0 Å². The van der Waals surface area contributed by atoms with Crippen LogP contribution in [0.25, 0.3) is 0 Å². The van der Waals surface area contributed by atoms with Gasteiger partial charge in [0.1, 0.15) is 5.75 Å². The Morgan fingerprint density at radius 2 is 2.00 bits per heavy atom. The Bertz CT molecular complexity index is 546. The molecule has 2 unspecified atom stereocenters. The van der Waals surface area contributed by atoms with Gasteiger partial charge in [0, 0.05) is 6.54 Å². The number of halogens is 1. The van der Waals surface area contributed by atoms with E-state index in [0.717, 1.165) is 19.3 Å². The maximum absolute atomic E-state index is 12.1. The van der Waals surface area contributed by atoms with Crippen molar-refractivity contribution in [3.05, 3.63) is 28.8 Å². The summed E-state index contributed by atoms with van der Waals surface area (Å²) in [6, 6.07) is 4.15. The number of carbonyl (C=O) groups is 2. The fourth-order valence-corrected chi connectivity index (χ4v) is 2.99. The molecule has 5 nitrogen and oxygen atoms in total. The van der Waals surface area contributed by atoms with Crippen LogP contribution in [0.3, 0.4) is 0 Å². The molecule has 0 aliphatic heterocycles. The summed E-state index contributed by atoms with van der Waals surface area (Å²) < 4.78 is 0. The van der Waals surface area contributed by atoms with Gasteiger partial charge in [0.05, 0.1) is 16.5 Å². The van der Waals surface area contributed by atoms with Crippen molar-refractivity contribution in [1.29, 1.82) is 0 Å². The van der Waals surface area contributed by atoms with Crippen molar-refractivity contribution in [3.63, 3.8) is 0 Å². The predicted molar refractivity (Wildman–Crippen MR) is 78.5 cm³/mol. The fourth-order valence-electron chi connectivity index (χ4n) is 2.78. The lowest BCUT2D eigenvalue weighted by Crippen LogP contribution is -2.37. The summed E-state index contributed by atoms with van der Waals surface area (Å²) in [5.74, 6) is -1.70. The molecule has 0 aromatic heterocycles. The normalized spacial score (nSPS) is 21.8. The van der Waals surface area contributed by atoms with Crippen LogP contribution in [-0.2, 0) is 4.79 Å². The summed E-state index contributed by atoms with van der Waals surface area (Å²) in [7, 11) is 0. The summed E-state index contributed by atoms with van der Waals surface area (Å²) in [4.78, 5) is 23.3. The fraction of sp³-hybridized carbons (Fsp3) is 0.467. The highest BCUT2D eigenvalue weighted by Gasteiger charge is 2.31. The highest BCUT2D eigenvalue weighted by Crippen LogP contribution is 2.30. The number of phenolic OH excluding ortho intramolecular Hbond substituents is 1. The molecular weight excluding hydrogens is 294 g/mol. The number of nitrogens with one attached hydrogen (secondary N) is 1. The van der Waals surface area contributed by atoms with Crippen molar-refractivity contribution < 1.29 is 19.8 Å². The zero-order valence-electron chi connectivity index (χ0n) is 11.5. The van der Waals surface area contributed by atoms with Crippen molar-refractivity contribution in [2.45, 2.75) is 25.7 Å². The van der Waals surface area contributed by atoms with Gasteiger partial charge in [-0.05, 0) is 37.0 Å². The first kappa shape index (κ1) is 15.6. The van der Waals surface area contributed by atoms with Gasteiger partial charge in [-0.1, -0.05) is 24.4 Å². The minimum absolute atomic E-state index is 0.0365. The first-order chi connectivity index (χ1) is 9.99. The third-order valence-corrected chi connectivity index (χ3v) is 4.28. The first-order valence-corrected chi connectivity index (χ1v) is 7.36. The molecule has 6 heteroatoms. The Hall–Kier alpha value is -1.75. The number of carboxylic acids is 1. The largest absolute Gasteiger partial charge is 0.508 e. The van der Waals surface area contributed by atoms with Crippen molar-refractivity contribution in [2.24, 2.45) is 11.8 Å². The minimum atomic E-state index is -0.802. The molecular formula is C15H18ClNO4. The molecule has 0 spiro atoms. The van der Waals surface area contributed by atoms with E-state index in [1.165, 1.54) is 18.2 Å². The average Bonchev–Trinajstić information content (AvgIpc) is 2.47. The third-order valence-electron chi connectivity index (χ3n) is 3.95. The summed E-state index contributed by atoms with van der Waals surface area (Å²) >= 11 is 5.93. The van der Waals surface area contributed by atoms with Gasteiger partial charge in [0.2, 0.25) is 0 Å². The zero-order valence-corrected chi connectivity index (χ0v) is 12.3. The smallest absolute Gasteiger partial charge is 0.306 e. The van der Waals surface area contributed by atoms with Crippen molar-refractivity contribution >= 4 is 23.5 Å². The van der Waals surface area contributed by atoms with Crippen LogP contribution in [0, 0.1) is 11.8 Å². The minimum Gasteiger partial charge on any atom is -0.508 e. The Morgan fingerprint density at radius 1 is 1.29 bits per heavy atom. The summed E-state index contributed by atoms with van der Waals surface area (Å²) in [6.45, 7) is 0.307. The van der Waals surface area contributed by atoms with E-state index in [9.17, 15) is 19.8 Å². The number of phenols is 1. The summed E-state index contributed by atoms with van der Waals surface area (Å²) in [5.41, 5.74) is 0.194. The molecule has 3 N–H and O–H groups in total. The second kappa shape index (κ2) is 6.80. The molecule has 0 radical (unpaired) electrons. The summed E-state index contributed by atoms with van der Waals surface area (Å²) in [5, 5.41) is 21.6. The second-order valence-electron chi connectivity index (χ2n) is 5.36. The van der Waals surface area contributed by atoms with E-state index in [1.807, 2.05) is 0 Å². The van der Waals surface area contributed by atoms with Gasteiger partial charge in [-0.2, -0.15) is 0 Å². The molecule has 1 aliphatic rings. The molecule has 1 aromatic carbocycles. The van der Waals surface area contributed by atoms with Crippen LogP contribution < -0.4 is 5.32 Å². The molecule has 1 fully saturated rings. The number of rotatable bonds is 4. The van der Waals surface area contributed by atoms with E-state index in [4.69, 9.17) is 11.6 Å². The predicted octanol–water partition coefficient (Wildman–Crippen LogP) is 2.67. The lowest BCUT2D eigenvalue weighted by atomic mass is 9.79. The van der Waals surface area contributed by atoms with Crippen molar-refractivity contribution in [3.8, 4) is 5.75 Å². The lowest BCUT2D eigenvalue weighted by Gasteiger charge is -2.28. The van der Waals surface area contributed by atoms with Crippen LogP contribution in [0.5, 0.6) is 5.75 Å². The van der Waals surface area contributed by atoms with Crippen molar-refractivity contribution in [1.82, 2.24) is 5.32 Å². The van der Waals surface area contributed by atoms with Gasteiger partial charge in [-0.15, -0.1) is 0 Å². The standard InChI is InChI=1S/C15H18ClNO4/c16-13-6-5-10(18)7-12(13)14(19)17-8-9-3-1-2-4-11(9)15(20)21/h5-7,9,11,18H,1-4,8H2,(H,17,19)(H,20,21). The Balaban J connectivity index is 1.99. The molecule has 0 heterocycles. The van der Waals surface area contributed by atoms with Crippen molar-refractivity contribution in [2.75, 3.05) is 6.54 Å².